The van der Waals surface area contributed by atoms with Crippen LogP contribution in [0.4, 0.5) is 5.69 Å². The van der Waals surface area contributed by atoms with E-state index in [0.717, 1.165) is 0 Å². The molecule has 0 heterocycles. The first-order valence-corrected chi connectivity index (χ1v) is 2.69. The van der Waals surface area contributed by atoms with E-state index in [9.17, 15) is 0 Å². The van der Waals surface area contributed by atoms with Crippen molar-refractivity contribution in [2.75, 3.05) is 7.11 Å². The molecular weight excluding hydrogens is 114 g/mol. The SMILES string of the molecule is COc1ccccc1[NH]. The molecule has 0 saturated carbocycles. The van der Waals surface area contributed by atoms with E-state index in [1.54, 1.807) is 19.2 Å². The molecule has 1 aromatic rings. The smallest absolute Gasteiger partial charge is 0.143 e. The number of nitrogens with one attached hydrogen (secondary N) is 1. The van der Waals surface area contributed by atoms with Crippen molar-refractivity contribution in [1.29, 1.82) is 0 Å². The van der Waals surface area contributed by atoms with Crippen LogP contribution in [0.15, 0.2) is 24.3 Å². The predicted octanol–water partition coefficient (Wildman–Crippen LogP) is 1.61. The molecule has 1 radical (unpaired) electrons. The molecule has 0 aliphatic rings. The second-order valence-corrected chi connectivity index (χ2v) is 1.70. The van der Waals surface area contributed by atoms with Crippen molar-refractivity contribution < 1.29 is 4.74 Å². The standard InChI is InChI=1S/C7H8NO/c1-9-7-5-3-2-4-6(7)8/h2-5,8H,1H3. The fourth-order valence-corrected chi connectivity index (χ4v) is 0.645. The molecule has 47 valence electrons. The van der Waals surface area contributed by atoms with Gasteiger partial charge in [-0.3, -0.25) is 5.73 Å². The van der Waals surface area contributed by atoms with Crippen LogP contribution in [0, 0.1) is 0 Å². The third-order valence-electron chi connectivity index (χ3n) is 1.11. The first-order valence-electron chi connectivity index (χ1n) is 2.69. The highest BCUT2D eigenvalue weighted by Crippen LogP contribution is 2.19. The van der Waals surface area contributed by atoms with Crippen LogP contribution in [0.1, 0.15) is 0 Å². The van der Waals surface area contributed by atoms with Gasteiger partial charge in [-0.1, -0.05) is 12.1 Å². The third-order valence-corrected chi connectivity index (χ3v) is 1.11. The lowest BCUT2D eigenvalue weighted by Crippen LogP contribution is -1.82. The average molecular weight is 122 g/mol. The Kier molecular flexibility index (Phi) is 1.58. The molecule has 2 heteroatoms. The third kappa shape index (κ3) is 1.13. The van der Waals surface area contributed by atoms with E-state index in [1.807, 2.05) is 12.1 Å². The second-order valence-electron chi connectivity index (χ2n) is 1.70. The van der Waals surface area contributed by atoms with Gasteiger partial charge in [-0.2, -0.15) is 0 Å². The molecule has 0 fully saturated rings. The van der Waals surface area contributed by atoms with Gasteiger partial charge >= 0.3 is 0 Å². The molecule has 0 aliphatic carbocycles. The quantitative estimate of drug-likeness (QED) is 0.557. The zero-order valence-corrected chi connectivity index (χ0v) is 5.22. The first-order chi connectivity index (χ1) is 4.34. The van der Waals surface area contributed by atoms with Gasteiger partial charge in [0, 0.05) is 0 Å². The Balaban J connectivity index is 3.01. The lowest BCUT2D eigenvalue weighted by molar-refractivity contribution is 0.416. The Morgan fingerprint density at radius 3 is 2.44 bits per heavy atom. The van der Waals surface area contributed by atoms with E-state index in [4.69, 9.17) is 10.5 Å². The number of hydrogen-bond acceptors (Lipinski definition) is 1. The normalized spacial score (nSPS) is 9.00. The molecular formula is C7H8NO. The monoisotopic (exact) mass is 122 g/mol. The summed E-state index contributed by atoms with van der Waals surface area (Å²) in [5.41, 5.74) is 7.68. The summed E-state index contributed by atoms with van der Waals surface area (Å²) in [4.78, 5) is 0. The van der Waals surface area contributed by atoms with Crippen LogP contribution in [0.3, 0.4) is 0 Å². The zero-order valence-electron chi connectivity index (χ0n) is 5.22. The molecule has 0 unspecified atom stereocenters. The molecule has 1 aromatic carbocycles. The van der Waals surface area contributed by atoms with Gasteiger partial charge in [0.15, 0.2) is 0 Å². The Hall–Kier alpha value is -1.18. The van der Waals surface area contributed by atoms with Crippen molar-refractivity contribution in [3.63, 3.8) is 0 Å². The Morgan fingerprint density at radius 1 is 1.33 bits per heavy atom. The molecule has 1 N–H and O–H groups in total. The van der Waals surface area contributed by atoms with Gasteiger partial charge in [-0.15, -0.1) is 0 Å². The molecule has 2 nitrogen and oxygen atoms in total. The molecule has 0 bridgehead atoms. The Labute approximate surface area is 54.2 Å². The van der Waals surface area contributed by atoms with Gasteiger partial charge in [0.25, 0.3) is 0 Å². The molecule has 0 aromatic heterocycles. The van der Waals surface area contributed by atoms with Crippen LogP contribution in [-0.4, -0.2) is 7.11 Å². The van der Waals surface area contributed by atoms with Crippen LogP contribution >= 0.6 is 0 Å². The molecule has 9 heavy (non-hydrogen) atoms. The summed E-state index contributed by atoms with van der Waals surface area (Å²) in [5.74, 6) is 0.623. The van der Waals surface area contributed by atoms with Gasteiger partial charge in [-0.25, -0.2) is 0 Å². The van der Waals surface area contributed by atoms with E-state index in [1.165, 1.54) is 0 Å². The topological polar surface area (TPSA) is 33.0 Å². The van der Waals surface area contributed by atoms with Crippen molar-refractivity contribution >= 4 is 5.69 Å². The van der Waals surface area contributed by atoms with E-state index < -0.39 is 0 Å². The van der Waals surface area contributed by atoms with Crippen LogP contribution in [-0.2, 0) is 0 Å². The van der Waals surface area contributed by atoms with Gasteiger partial charge in [0.2, 0.25) is 0 Å². The lowest BCUT2D eigenvalue weighted by atomic mass is 10.3. The second kappa shape index (κ2) is 2.40. The number of para-hydroxylation sites is 1. The molecule has 0 atom stereocenters. The first kappa shape index (κ1) is 5.95. The predicted molar refractivity (Wildman–Crippen MR) is 35.8 cm³/mol. The number of rotatable bonds is 1. The number of ether oxygens (including phenoxy) is 1. The van der Waals surface area contributed by atoms with E-state index in [2.05, 4.69) is 0 Å². The largest absolute Gasteiger partial charge is 0.495 e. The minimum atomic E-state index is 0.431. The molecule has 0 saturated heterocycles. The molecule has 1 rings (SSSR count). The van der Waals surface area contributed by atoms with Crippen molar-refractivity contribution in [2.45, 2.75) is 0 Å². The fraction of sp³-hybridized carbons (Fsp3) is 0.143. The van der Waals surface area contributed by atoms with Crippen LogP contribution in [0.5, 0.6) is 5.75 Å². The highest BCUT2D eigenvalue weighted by atomic mass is 16.5. The fourth-order valence-electron chi connectivity index (χ4n) is 0.645. The summed E-state index contributed by atoms with van der Waals surface area (Å²) in [7, 11) is 1.56. The van der Waals surface area contributed by atoms with Crippen molar-refractivity contribution in [2.24, 2.45) is 0 Å². The summed E-state index contributed by atoms with van der Waals surface area (Å²) < 4.78 is 4.86. The van der Waals surface area contributed by atoms with Crippen molar-refractivity contribution in [3.8, 4) is 5.75 Å². The minimum absolute atomic E-state index is 0.431. The van der Waals surface area contributed by atoms with Gasteiger partial charge in [0.05, 0.1) is 12.8 Å². The maximum atomic E-state index is 7.25. The number of hydrogen-bond donors (Lipinski definition) is 0. The Bertz CT molecular complexity index is 198. The highest BCUT2D eigenvalue weighted by molar-refractivity contribution is 5.48. The average Bonchev–Trinajstić information content (AvgIpc) is 1.89. The summed E-state index contributed by atoms with van der Waals surface area (Å²) in [6.45, 7) is 0. The van der Waals surface area contributed by atoms with Gasteiger partial charge in [-0.05, 0) is 12.1 Å². The maximum absolute atomic E-state index is 7.25. The van der Waals surface area contributed by atoms with Crippen molar-refractivity contribution in [3.05, 3.63) is 24.3 Å². The zero-order chi connectivity index (χ0) is 6.69. The lowest BCUT2D eigenvalue weighted by Gasteiger charge is -1.99. The highest BCUT2D eigenvalue weighted by Gasteiger charge is 1.92. The summed E-state index contributed by atoms with van der Waals surface area (Å²) in [6, 6.07) is 7.11. The van der Waals surface area contributed by atoms with E-state index in [0.29, 0.717) is 11.4 Å². The summed E-state index contributed by atoms with van der Waals surface area (Å²) >= 11 is 0. The number of benzene rings is 1. The molecule has 0 spiro atoms. The molecule has 0 amide bonds. The van der Waals surface area contributed by atoms with E-state index in [-0.39, 0.29) is 0 Å². The van der Waals surface area contributed by atoms with E-state index >= 15 is 0 Å². The Morgan fingerprint density at radius 2 is 2.00 bits per heavy atom. The van der Waals surface area contributed by atoms with Gasteiger partial charge < -0.3 is 4.74 Å². The van der Waals surface area contributed by atoms with Crippen molar-refractivity contribution in [1.82, 2.24) is 5.73 Å². The summed E-state index contributed by atoms with van der Waals surface area (Å²) in [5, 5.41) is 0. The maximum Gasteiger partial charge on any atom is 0.143 e. The van der Waals surface area contributed by atoms with Crippen LogP contribution < -0.4 is 10.5 Å². The minimum Gasteiger partial charge on any atom is -0.495 e. The molecule has 0 aliphatic heterocycles. The van der Waals surface area contributed by atoms with Crippen LogP contribution in [0.2, 0.25) is 0 Å². The number of methoxy groups -OCH3 is 1. The summed E-state index contributed by atoms with van der Waals surface area (Å²) in [6.07, 6.45) is 0. The van der Waals surface area contributed by atoms with Gasteiger partial charge in [0.1, 0.15) is 5.75 Å². The van der Waals surface area contributed by atoms with Crippen LogP contribution in [0.25, 0.3) is 0 Å².